The molecule has 0 aliphatic rings. The van der Waals surface area contributed by atoms with E-state index < -0.39 is 0 Å². The maximum atomic E-state index is 5.70. The third-order valence-electron chi connectivity index (χ3n) is 1.48. The van der Waals surface area contributed by atoms with Crippen LogP contribution in [-0.4, -0.2) is 0 Å². The minimum absolute atomic E-state index is 0.598. The lowest BCUT2D eigenvalue weighted by molar-refractivity contribution is 1.32. The fraction of sp³-hybridized carbons (Fsp3) is 0.273. The normalized spacial score (nSPS) is 12.9. The zero-order chi connectivity index (χ0) is 9.56. The van der Waals surface area contributed by atoms with E-state index in [0.717, 1.165) is 12.0 Å². The van der Waals surface area contributed by atoms with Crippen LogP contribution in [0.5, 0.6) is 0 Å². The molecule has 0 aromatic rings. The van der Waals surface area contributed by atoms with Crippen molar-refractivity contribution in [3.05, 3.63) is 47.6 Å². The zero-order valence-electron chi connectivity index (χ0n) is 7.73. The molecular weight excluding hydrogens is 168 g/mol. The predicted octanol–water partition coefficient (Wildman–Crippen LogP) is 4.21. The SMILES string of the molecule is C=CC/C=C(C)\C=C(\C)C(=C)Cl. The number of rotatable bonds is 4. The summed E-state index contributed by atoms with van der Waals surface area (Å²) in [6, 6.07) is 0. The average Bonchev–Trinajstić information content (AvgIpc) is 2.00. The molecule has 1 heteroatoms. The second-order valence-corrected chi connectivity index (χ2v) is 3.16. The van der Waals surface area contributed by atoms with Gasteiger partial charge in [-0.05, 0) is 25.8 Å². The minimum atomic E-state index is 0.598. The Kier molecular flexibility index (Phi) is 5.48. The van der Waals surface area contributed by atoms with Crippen LogP contribution in [0.3, 0.4) is 0 Å². The first-order valence-corrected chi connectivity index (χ1v) is 4.26. The lowest BCUT2D eigenvalue weighted by Gasteiger charge is -1.96. The lowest BCUT2D eigenvalue weighted by atomic mass is 10.1. The molecule has 0 aliphatic heterocycles. The fourth-order valence-corrected chi connectivity index (χ4v) is 0.803. The van der Waals surface area contributed by atoms with Gasteiger partial charge < -0.3 is 0 Å². The van der Waals surface area contributed by atoms with Crippen LogP contribution in [0, 0.1) is 0 Å². The van der Waals surface area contributed by atoms with E-state index >= 15 is 0 Å². The Hall–Kier alpha value is -0.750. The highest BCUT2D eigenvalue weighted by Crippen LogP contribution is 2.13. The second kappa shape index (κ2) is 5.84. The topological polar surface area (TPSA) is 0 Å². The summed E-state index contributed by atoms with van der Waals surface area (Å²) in [5.41, 5.74) is 2.20. The Balaban J connectivity index is 4.31. The molecule has 66 valence electrons. The van der Waals surface area contributed by atoms with Crippen molar-refractivity contribution in [2.24, 2.45) is 0 Å². The average molecular weight is 183 g/mol. The standard InChI is InChI=1S/C11H15Cl/c1-5-6-7-9(2)8-10(3)11(4)12/h5,7-8H,1,4,6H2,2-3H3/b9-7-,10-8-. The van der Waals surface area contributed by atoms with E-state index in [0.29, 0.717) is 5.03 Å². The molecule has 0 fully saturated rings. The van der Waals surface area contributed by atoms with Gasteiger partial charge in [-0.1, -0.05) is 42.0 Å². The molecule has 0 rings (SSSR count). The van der Waals surface area contributed by atoms with E-state index in [4.69, 9.17) is 11.6 Å². The van der Waals surface area contributed by atoms with E-state index in [9.17, 15) is 0 Å². The molecule has 0 aromatic heterocycles. The maximum Gasteiger partial charge on any atom is 0.0363 e. The monoisotopic (exact) mass is 182 g/mol. The van der Waals surface area contributed by atoms with Gasteiger partial charge in [0.05, 0.1) is 0 Å². The molecule has 0 heterocycles. The van der Waals surface area contributed by atoms with E-state index in [-0.39, 0.29) is 0 Å². The summed E-state index contributed by atoms with van der Waals surface area (Å²) >= 11 is 5.70. The van der Waals surface area contributed by atoms with Gasteiger partial charge in [0.25, 0.3) is 0 Å². The van der Waals surface area contributed by atoms with E-state index in [1.807, 2.05) is 26.0 Å². The highest BCUT2D eigenvalue weighted by molar-refractivity contribution is 6.31. The van der Waals surface area contributed by atoms with E-state index in [2.05, 4.69) is 19.2 Å². The number of halogens is 1. The maximum absolute atomic E-state index is 5.70. The summed E-state index contributed by atoms with van der Waals surface area (Å²) in [6.45, 7) is 11.3. The first kappa shape index (κ1) is 11.2. The Morgan fingerprint density at radius 1 is 1.42 bits per heavy atom. The molecule has 0 atom stereocenters. The molecule has 0 amide bonds. The van der Waals surface area contributed by atoms with Gasteiger partial charge in [-0.15, -0.1) is 6.58 Å². The van der Waals surface area contributed by atoms with Crippen molar-refractivity contribution in [2.75, 3.05) is 0 Å². The first-order chi connectivity index (χ1) is 5.57. The molecular formula is C11H15Cl. The zero-order valence-corrected chi connectivity index (χ0v) is 8.49. The van der Waals surface area contributed by atoms with Crippen LogP contribution >= 0.6 is 11.6 Å². The van der Waals surface area contributed by atoms with Gasteiger partial charge >= 0.3 is 0 Å². The Labute approximate surface area is 79.9 Å². The summed E-state index contributed by atoms with van der Waals surface area (Å²) < 4.78 is 0. The molecule has 0 bridgehead atoms. The molecule has 0 saturated carbocycles. The highest BCUT2D eigenvalue weighted by atomic mass is 35.5. The van der Waals surface area contributed by atoms with Gasteiger partial charge in [0.1, 0.15) is 0 Å². The van der Waals surface area contributed by atoms with Gasteiger partial charge in [-0.25, -0.2) is 0 Å². The summed E-state index contributed by atoms with van der Waals surface area (Å²) in [7, 11) is 0. The molecule has 0 spiro atoms. The number of allylic oxidation sites excluding steroid dienone is 6. The molecule has 0 N–H and O–H groups in total. The largest absolute Gasteiger partial charge is 0.103 e. The fourth-order valence-electron chi connectivity index (χ4n) is 0.748. The first-order valence-electron chi connectivity index (χ1n) is 3.88. The van der Waals surface area contributed by atoms with Crippen LogP contribution in [0.15, 0.2) is 47.6 Å². The van der Waals surface area contributed by atoms with Gasteiger partial charge in [0.15, 0.2) is 0 Å². The van der Waals surface area contributed by atoms with Crippen LogP contribution in [-0.2, 0) is 0 Å². The molecule has 0 saturated heterocycles. The van der Waals surface area contributed by atoms with Gasteiger partial charge in [-0.2, -0.15) is 0 Å². The molecule has 0 radical (unpaired) electrons. The van der Waals surface area contributed by atoms with Crippen molar-refractivity contribution in [1.29, 1.82) is 0 Å². The molecule has 12 heavy (non-hydrogen) atoms. The van der Waals surface area contributed by atoms with E-state index in [1.165, 1.54) is 5.57 Å². The van der Waals surface area contributed by atoms with Crippen molar-refractivity contribution < 1.29 is 0 Å². The summed E-state index contributed by atoms with van der Waals surface area (Å²) in [5.74, 6) is 0. The van der Waals surface area contributed by atoms with Crippen LogP contribution < -0.4 is 0 Å². The second-order valence-electron chi connectivity index (χ2n) is 2.70. The summed E-state index contributed by atoms with van der Waals surface area (Å²) in [6.07, 6.45) is 6.86. The van der Waals surface area contributed by atoms with Crippen LogP contribution in [0.4, 0.5) is 0 Å². The number of hydrogen-bond donors (Lipinski definition) is 0. The van der Waals surface area contributed by atoms with Gasteiger partial charge in [0, 0.05) is 5.03 Å². The number of hydrogen-bond acceptors (Lipinski definition) is 0. The lowest BCUT2D eigenvalue weighted by Crippen LogP contribution is -1.76. The molecule has 0 aliphatic carbocycles. The Morgan fingerprint density at radius 3 is 2.42 bits per heavy atom. The van der Waals surface area contributed by atoms with Crippen molar-refractivity contribution in [1.82, 2.24) is 0 Å². The minimum Gasteiger partial charge on any atom is -0.103 e. The van der Waals surface area contributed by atoms with Crippen LogP contribution in [0.1, 0.15) is 20.3 Å². The quantitative estimate of drug-likeness (QED) is 0.452. The predicted molar refractivity (Wildman–Crippen MR) is 57.3 cm³/mol. The van der Waals surface area contributed by atoms with E-state index in [1.54, 1.807) is 0 Å². The smallest absolute Gasteiger partial charge is 0.0363 e. The Morgan fingerprint density at radius 2 is 2.00 bits per heavy atom. The Bertz CT molecular complexity index is 231. The molecule has 0 aromatic carbocycles. The highest BCUT2D eigenvalue weighted by Gasteiger charge is 1.90. The van der Waals surface area contributed by atoms with Gasteiger partial charge in [-0.3, -0.25) is 0 Å². The third-order valence-corrected chi connectivity index (χ3v) is 1.78. The summed E-state index contributed by atoms with van der Waals surface area (Å²) in [5, 5.41) is 0.598. The van der Waals surface area contributed by atoms with Crippen LogP contribution in [0.25, 0.3) is 0 Å². The van der Waals surface area contributed by atoms with Crippen molar-refractivity contribution in [2.45, 2.75) is 20.3 Å². The third kappa shape index (κ3) is 4.97. The van der Waals surface area contributed by atoms with Gasteiger partial charge in [0.2, 0.25) is 0 Å². The molecule has 0 unspecified atom stereocenters. The van der Waals surface area contributed by atoms with Crippen molar-refractivity contribution >= 4 is 11.6 Å². The van der Waals surface area contributed by atoms with Crippen molar-refractivity contribution in [3.8, 4) is 0 Å². The summed E-state index contributed by atoms with van der Waals surface area (Å²) in [4.78, 5) is 0. The van der Waals surface area contributed by atoms with Crippen LogP contribution in [0.2, 0.25) is 0 Å². The van der Waals surface area contributed by atoms with Crippen molar-refractivity contribution in [3.63, 3.8) is 0 Å². The molecule has 0 nitrogen and oxygen atoms in total.